The number of carboxylic acids is 1. The topological polar surface area (TPSA) is 102 Å². The van der Waals surface area contributed by atoms with Gasteiger partial charge in [-0.15, -0.1) is 0 Å². The molecule has 2 unspecified atom stereocenters. The smallest absolute Gasteiger partial charge is 0.306 e. The Morgan fingerprint density at radius 2 is 0.931 bits per heavy atom. The highest BCUT2D eigenvalue weighted by atomic mass is 16.6. The monoisotopic (exact) mass is 806 g/mol. The van der Waals surface area contributed by atoms with E-state index in [9.17, 15) is 19.5 Å². The first-order chi connectivity index (χ1) is 28.1. The SMILES string of the molecule is CC/C=C/C/C=C/C/C=C/C/C=C/C/C=C/C/C=C/CCCC(=O)OCC(COCCC(C(=O)[O-])[N+](C)(C)C)OC(=O)CCCCCC/C=C/C/C=C/C/C=C/CC. The molecule has 0 N–H and O–H groups in total. The number of hydrogen-bond acceptors (Lipinski definition) is 7. The zero-order valence-corrected chi connectivity index (χ0v) is 36.9. The quantitative estimate of drug-likeness (QED) is 0.0267. The van der Waals surface area contributed by atoms with Gasteiger partial charge in [-0.2, -0.15) is 0 Å². The van der Waals surface area contributed by atoms with Crippen molar-refractivity contribution in [1.29, 1.82) is 0 Å². The zero-order chi connectivity index (χ0) is 42.8. The van der Waals surface area contributed by atoms with Crippen LogP contribution in [0.2, 0.25) is 0 Å². The Balaban J connectivity index is 4.50. The first-order valence-corrected chi connectivity index (χ1v) is 21.9. The Labute approximate surface area is 353 Å². The first kappa shape index (κ1) is 54.0. The molecule has 326 valence electrons. The fourth-order valence-electron chi connectivity index (χ4n) is 5.57. The van der Waals surface area contributed by atoms with Crippen LogP contribution in [0.25, 0.3) is 0 Å². The number of carbonyl (C=O) groups excluding carboxylic acids is 3. The predicted molar refractivity (Wildman–Crippen MR) is 240 cm³/mol. The molecule has 0 aromatic heterocycles. The van der Waals surface area contributed by atoms with E-state index < -0.39 is 18.1 Å². The van der Waals surface area contributed by atoms with Gasteiger partial charge in [0.1, 0.15) is 12.6 Å². The molecule has 0 fully saturated rings. The second-order valence-electron chi connectivity index (χ2n) is 15.2. The van der Waals surface area contributed by atoms with Crippen LogP contribution in [-0.2, 0) is 28.6 Å². The van der Waals surface area contributed by atoms with Crippen molar-refractivity contribution in [2.45, 2.75) is 148 Å². The van der Waals surface area contributed by atoms with Crippen molar-refractivity contribution in [1.82, 2.24) is 0 Å². The number of hydrogen-bond donors (Lipinski definition) is 0. The normalized spacial score (nSPS) is 14.0. The zero-order valence-electron chi connectivity index (χ0n) is 36.9. The van der Waals surface area contributed by atoms with Crippen molar-refractivity contribution >= 4 is 17.9 Å². The molecule has 58 heavy (non-hydrogen) atoms. The van der Waals surface area contributed by atoms with E-state index in [2.05, 4.69) is 123 Å². The molecule has 0 aromatic carbocycles. The summed E-state index contributed by atoms with van der Waals surface area (Å²) in [5, 5.41) is 11.6. The Kier molecular flexibility index (Phi) is 37.0. The molecule has 0 spiro atoms. The van der Waals surface area contributed by atoms with Crippen LogP contribution in [-0.4, -0.2) is 75.5 Å². The van der Waals surface area contributed by atoms with Crippen LogP contribution < -0.4 is 5.11 Å². The lowest BCUT2D eigenvalue weighted by molar-refractivity contribution is -0.889. The van der Waals surface area contributed by atoms with Gasteiger partial charge in [0.2, 0.25) is 0 Å². The molecular weight excluding hydrogens is 727 g/mol. The van der Waals surface area contributed by atoms with E-state index in [-0.39, 0.29) is 55.5 Å². The van der Waals surface area contributed by atoms with Gasteiger partial charge in [0.25, 0.3) is 0 Å². The van der Waals surface area contributed by atoms with Crippen LogP contribution in [0.3, 0.4) is 0 Å². The lowest BCUT2D eigenvalue weighted by Gasteiger charge is -2.34. The molecule has 0 aromatic rings. The Bertz CT molecular complexity index is 1310. The molecule has 8 heteroatoms. The maximum absolute atomic E-state index is 12.7. The molecule has 0 aliphatic heterocycles. The van der Waals surface area contributed by atoms with Gasteiger partial charge < -0.3 is 28.6 Å². The number of quaternary nitrogens is 1. The third-order valence-electron chi connectivity index (χ3n) is 8.90. The van der Waals surface area contributed by atoms with E-state index >= 15 is 0 Å². The van der Waals surface area contributed by atoms with E-state index in [1.54, 1.807) is 21.1 Å². The van der Waals surface area contributed by atoms with Gasteiger partial charge in [-0.25, -0.2) is 0 Å². The number of carboxylic acid groups (broad SMARTS) is 1. The summed E-state index contributed by atoms with van der Waals surface area (Å²) in [6, 6.07) is -0.745. The van der Waals surface area contributed by atoms with Crippen molar-refractivity contribution in [2.24, 2.45) is 0 Å². The van der Waals surface area contributed by atoms with Crippen molar-refractivity contribution in [3.63, 3.8) is 0 Å². The summed E-state index contributed by atoms with van der Waals surface area (Å²) in [7, 11) is 5.36. The van der Waals surface area contributed by atoms with Crippen LogP contribution >= 0.6 is 0 Å². The third-order valence-corrected chi connectivity index (χ3v) is 8.90. The molecular formula is C50H79NO7. The number of carbonyl (C=O) groups is 3. The third kappa shape index (κ3) is 37.6. The molecule has 0 saturated heterocycles. The highest BCUT2D eigenvalue weighted by Gasteiger charge is 2.25. The van der Waals surface area contributed by atoms with Gasteiger partial charge in [-0.3, -0.25) is 9.59 Å². The number of allylic oxidation sites excluding steroid dienone is 18. The molecule has 2 atom stereocenters. The first-order valence-electron chi connectivity index (χ1n) is 21.9. The summed E-state index contributed by atoms with van der Waals surface area (Å²) in [6.07, 6.45) is 54.1. The molecule has 0 radical (unpaired) electrons. The van der Waals surface area contributed by atoms with Crippen LogP contribution in [0.5, 0.6) is 0 Å². The second kappa shape index (κ2) is 39.8. The van der Waals surface area contributed by atoms with Crippen molar-refractivity contribution in [3.05, 3.63) is 109 Å². The molecule has 0 aliphatic carbocycles. The summed E-state index contributed by atoms with van der Waals surface area (Å²) >= 11 is 0. The van der Waals surface area contributed by atoms with Gasteiger partial charge in [0.05, 0.1) is 40.3 Å². The van der Waals surface area contributed by atoms with Crippen LogP contribution in [0.4, 0.5) is 0 Å². The minimum atomic E-state index is -1.14. The Morgan fingerprint density at radius 1 is 0.517 bits per heavy atom. The van der Waals surface area contributed by atoms with Crippen LogP contribution in [0.1, 0.15) is 136 Å². The number of esters is 2. The predicted octanol–water partition coefficient (Wildman–Crippen LogP) is 10.7. The fraction of sp³-hybridized carbons (Fsp3) is 0.580. The van der Waals surface area contributed by atoms with Gasteiger partial charge in [-0.1, -0.05) is 136 Å². The molecule has 0 heterocycles. The fourth-order valence-corrected chi connectivity index (χ4v) is 5.57. The van der Waals surface area contributed by atoms with E-state index in [4.69, 9.17) is 14.2 Å². The summed E-state index contributed by atoms with van der Waals surface area (Å²) in [5.41, 5.74) is 0. The molecule has 0 rings (SSSR count). The maximum atomic E-state index is 12.7. The minimum absolute atomic E-state index is 0.00539. The van der Waals surface area contributed by atoms with Crippen molar-refractivity contribution in [3.8, 4) is 0 Å². The molecule has 0 amide bonds. The highest BCUT2D eigenvalue weighted by Crippen LogP contribution is 2.11. The Morgan fingerprint density at radius 3 is 1.38 bits per heavy atom. The molecule has 0 bridgehead atoms. The highest BCUT2D eigenvalue weighted by molar-refractivity contribution is 5.70. The lowest BCUT2D eigenvalue weighted by atomic mass is 10.1. The maximum Gasteiger partial charge on any atom is 0.306 e. The van der Waals surface area contributed by atoms with Crippen LogP contribution in [0, 0.1) is 0 Å². The minimum Gasteiger partial charge on any atom is -0.544 e. The molecule has 0 aliphatic rings. The summed E-state index contributed by atoms with van der Waals surface area (Å²) in [4.78, 5) is 36.8. The number of rotatable bonds is 37. The van der Waals surface area contributed by atoms with E-state index in [1.807, 2.05) is 0 Å². The summed E-state index contributed by atoms with van der Waals surface area (Å²) < 4.78 is 17.1. The lowest BCUT2D eigenvalue weighted by Crippen LogP contribution is -2.55. The largest absolute Gasteiger partial charge is 0.544 e. The van der Waals surface area contributed by atoms with Crippen molar-refractivity contribution in [2.75, 3.05) is 41.0 Å². The average Bonchev–Trinajstić information content (AvgIpc) is 3.18. The number of likely N-dealkylation sites (N-methyl/N-ethyl adjacent to an activating group) is 1. The molecule has 0 saturated carbocycles. The van der Waals surface area contributed by atoms with Gasteiger partial charge >= 0.3 is 11.9 Å². The van der Waals surface area contributed by atoms with Gasteiger partial charge in [-0.05, 0) is 89.9 Å². The van der Waals surface area contributed by atoms with Gasteiger partial charge in [0, 0.05) is 19.3 Å². The van der Waals surface area contributed by atoms with Crippen LogP contribution in [0.15, 0.2) is 109 Å². The second-order valence-corrected chi connectivity index (χ2v) is 15.2. The van der Waals surface area contributed by atoms with E-state index in [0.717, 1.165) is 96.3 Å². The number of aliphatic carboxylic acids is 1. The van der Waals surface area contributed by atoms with Crippen molar-refractivity contribution < 1.29 is 38.2 Å². The number of unbranched alkanes of at least 4 members (excludes halogenated alkanes) is 5. The van der Waals surface area contributed by atoms with E-state index in [0.29, 0.717) is 6.42 Å². The standard InChI is InChI=1S/C50H79NO7/c1-6-8-10-12-14-16-18-20-22-23-24-25-26-27-29-30-32-34-36-38-40-48(52)57-45-46(44-56-43-42-47(50(54)55)51(3,4)5)58-49(53)41-39-37-35-33-31-28-21-19-17-15-13-11-9-7-2/h8-11,14-17,20-22,24-25,27-29,32,34,46-47H,6-7,12-13,18-19,23,26,30-31,33,35-45H2,1-5H3/b10-8+,11-9+,16-14+,17-15+,22-20+,25-24+,28-21+,29-27+,34-32+. The van der Waals surface area contributed by atoms with Gasteiger partial charge in [0.15, 0.2) is 6.10 Å². The molecule has 8 nitrogen and oxygen atoms in total. The average molecular weight is 806 g/mol. The van der Waals surface area contributed by atoms with E-state index in [1.165, 1.54) is 0 Å². The summed E-state index contributed by atoms with van der Waals surface area (Å²) in [6.45, 7) is 4.32. The number of nitrogens with zero attached hydrogens (tertiary/aromatic N) is 1. The number of ether oxygens (including phenoxy) is 3. The summed E-state index contributed by atoms with van der Waals surface area (Å²) in [5.74, 6) is -1.86. The Hall–Kier alpha value is -4.01.